The molecule has 48 heavy (non-hydrogen) atoms. The van der Waals surface area contributed by atoms with Gasteiger partial charge in [0, 0.05) is 53.1 Å². The van der Waals surface area contributed by atoms with Gasteiger partial charge in [-0.2, -0.15) is 0 Å². The quantitative estimate of drug-likeness (QED) is 0.219. The van der Waals surface area contributed by atoms with E-state index in [9.17, 15) is 19.8 Å². The van der Waals surface area contributed by atoms with Gasteiger partial charge in [-0.1, -0.05) is 74.5 Å². The van der Waals surface area contributed by atoms with Crippen molar-refractivity contribution in [1.29, 1.82) is 0 Å². The largest absolute Gasteiger partial charge is 0.393 e. The number of hydrogen-bond donors (Lipinski definition) is 3. The molecule has 6 aliphatic carbocycles. The number of fused-ring (bicyclic) bond motifs is 2. The maximum atomic E-state index is 14.6. The standard InChI is InChI=1S/C41H49N3O4/c1-37-17-12-29(45)24-39(37)20-21-41(30(25-39)35(46)27-8-4-3-5-9-27)33(37)13-18-38(2)34(41)14-19-40(38,48)26-43-22-15-28(16-23-43)44-32-11-7-6-10-31(32)42-36(44)47/h3-11,20-21,25,28-29,33-34,45,48H,12-19,22-24,26H2,1-2H3,(H,42,47)/t29?,33-,34-,37-,38+,39+,40-,41-/m1/s1. The molecular weight excluding hydrogens is 598 g/mol. The van der Waals surface area contributed by atoms with E-state index < -0.39 is 11.0 Å². The van der Waals surface area contributed by atoms with Gasteiger partial charge in [-0.15, -0.1) is 0 Å². The van der Waals surface area contributed by atoms with Gasteiger partial charge in [0.05, 0.1) is 22.7 Å². The molecular formula is C41H49N3O4. The predicted octanol–water partition coefficient (Wildman–Crippen LogP) is 6.44. The lowest BCUT2D eigenvalue weighted by atomic mass is 9.32. The summed E-state index contributed by atoms with van der Waals surface area (Å²) in [6.45, 7) is 7.08. The number of allylic oxidation sites excluding steroid dienone is 4. The Kier molecular flexibility index (Phi) is 6.65. The summed E-state index contributed by atoms with van der Waals surface area (Å²) in [5, 5.41) is 23.8. The minimum atomic E-state index is -0.869. The molecule has 3 saturated carbocycles. The Balaban J connectivity index is 1.03. The molecule has 7 nitrogen and oxygen atoms in total. The first-order chi connectivity index (χ1) is 23.0. The summed E-state index contributed by atoms with van der Waals surface area (Å²) >= 11 is 0. The molecule has 0 radical (unpaired) electrons. The number of nitrogens with zero attached hydrogens (tertiary/aromatic N) is 2. The Morgan fingerprint density at radius 3 is 2.35 bits per heavy atom. The molecule has 4 fully saturated rings. The molecule has 1 saturated heterocycles. The fourth-order valence-electron chi connectivity index (χ4n) is 12.5. The monoisotopic (exact) mass is 647 g/mol. The number of benzene rings is 2. The Bertz CT molecular complexity index is 1900. The Morgan fingerprint density at radius 1 is 0.875 bits per heavy atom. The number of piperidine rings is 1. The Labute approximate surface area is 282 Å². The van der Waals surface area contributed by atoms with Gasteiger partial charge in [-0.05, 0) is 87.2 Å². The summed E-state index contributed by atoms with van der Waals surface area (Å²) in [5.74, 6) is 0.551. The molecule has 1 aliphatic heterocycles. The van der Waals surface area contributed by atoms with E-state index in [1.165, 1.54) is 0 Å². The van der Waals surface area contributed by atoms with E-state index >= 15 is 0 Å². The predicted molar refractivity (Wildman–Crippen MR) is 187 cm³/mol. The van der Waals surface area contributed by atoms with Crippen molar-refractivity contribution in [1.82, 2.24) is 14.5 Å². The number of para-hydroxylation sites is 2. The minimum absolute atomic E-state index is 0.0359. The van der Waals surface area contributed by atoms with Crippen LogP contribution in [0.15, 0.2) is 83.2 Å². The van der Waals surface area contributed by atoms with Crippen LogP contribution in [-0.4, -0.2) is 61.8 Å². The highest BCUT2D eigenvalue weighted by Crippen LogP contribution is 2.78. The van der Waals surface area contributed by atoms with Crippen LogP contribution >= 0.6 is 0 Å². The first kappa shape index (κ1) is 30.8. The van der Waals surface area contributed by atoms with Crippen LogP contribution in [0.3, 0.4) is 0 Å². The number of β-amino-alcohol motifs (C(OH)–C–C–N with tert-alkyl or cyclic N) is 1. The highest BCUT2D eigenvalue weighted by atomic mass is 16.3. The van der Waals surface area contributed by atoms with Gasteiger partial charge in [0.1, 0.15) is 0 Å². The number of likely N-dealkylation sites (tertiary alicyclic amines) is 1. The normalized spacial score (nSPS) is 40.8. The van der Waals surface area contributed by atoms with Crippen LogP contribution in [0.4, 0.5) is 0 Å². The van der Waals surface area contributed by atoms with Gasteiger partial charge < -0.3 is 20.1 Å². The molecule has 1 unspecified atom stereocenters. The number of aliphatic hydroxyl groups excluding tert-OH is 1. The highest BCUT2D eigenvalue weighted by molar-refractivity contribution is 6.10. The van der Waals surface area contributed by atoms with Gasteiger partial charge >= 0.3 is 5.69 Å². The second-order valence-electron chi connectivity index (χ2n) is 16.8. The van der Waals surface area contributed by atoms with E-state index in [0.717, 1.165) is 86.6 Å². The Morgan fingerprint density at radius 2 is 1.56 bits per heavy atom. The van der Waals surface area contributed by atoms with Crippen molar-refractivity contribution < 1.29 is 15.0 Å². The maximum absolute atomic E-state index is 14.6. The lowest BCUT2D eigenvalue weighted by molar-refractivity contribution is -0.176. The van der Waals surface area contributed by atoms with E-state index in [4.69, 9.17) is 0 Å². The van der Waals surface area contributed by atoms with Crippen LogP contribution in [0.25, 0.3) is 11.0 Å². The average molecular weight is 648 g/mol. The zero-order valence-corrected chi connectivity index (χ0v) is 28.3. The molecule has 2 spiro atoms. The third kappa shape index (κ3) is 3.92. The number of ketones is 1. The van der Waals surface area contributed by atoms with Crippen LogP contribution < -0.4 is 5.69 Å². The lowest BCUT2D eigenvalue weighted by Crippen LogP contribution is -2.67. The summed E-state index contributed by atoms with van der Waals surface area (Å²) in [4.78, 5) is 33.0. The highest BCUT2D eigenvalue weighted by Gasteiger charge is 2.74. The molecule has 2 heterocycles. The zero-order chi connectivity index (χ0) is 33.1. The van der Waals surface area contributed by atoms with Crippen LogP contribution in [0, 0.1) is 33.5 Å². The molecule has 252 valence electrons. The van der Waals surface area contributed by atoms with E-state index in [2.05, 4.69) is 42.0 Å². The van der Waals surface area contributed by atoms with Gasteiger partial charge in [0.15, 0.2) is 5.78 Å². The number of imidazole rings is 1. The van der Waals surface area contributed by atoms with Crippen molar-refractivity contribution in [2.45, 2.75) is 89.4 Å². The van der Waals surface area contributed by atoms with Crippen molar-refractivity contribution in [2.24, 2.45) is 33.5 Å². The number of aromatic amines is 1. The van der Waals surface area contributed by atoms with Gasteiger partial charge in [-0.3, -0.25) is 9.36 Å². The lowest BCUT2D eigenvalue weighted by Gasteiger charge is -2.71. The average Bonchev–Trinajstić information content (AvgIpc) is 3.57. The van der Waals surface area contributed by atoms with Gasteiger partial charge in [0.25, 0.3) is 0 Å². The molecule has 7 aliphatic rings. The number of carbonyl (C=O) groups excluding carboxylic acids is 1. The number of aliphatic hydroxyl groups is 2. The number of H-pyrrole nitrogens is 1. The summed E-state index contributed by atoms with van der Waals surface area (Å²) in [6, 6.07) is 17.8. The smallest absolute Gasteiger partial charge is 0.326 e. The molecule has 1 aromatic heterocycles. The first-order valence-electron chi connectivity index (χ1n) is 18.4. The molecule has 3 aromatic rings. The summed E-state index contributed by atoms with van der Waals surface area (Å²) in [6.07, 6.45) is 14.4. The van der Waals surface area contributed by atoms with Crippen molar-refractivity contribution in [3.63, 3.8) is 0 Å². The van der Waals surface area contributed by atoms with E-state index in [-0.39, 0.29) is 45.8 Å². The fraction of sp³-hybridized carbons (Fsp3) is 0.561. The number of Topliss-reactive ketones (excluding diaryl/α,β-unsaturated/α-hetero) is 1. The van der Waals surface area contributed by atoms with E-state index in [0.29, 0.717) is 18.9 Å². The van der Waals surface area contributed by atoms with Crippen molar-refractivity contribution in [3.05, 3.63) is 94.4 Å². The van der Waals surface area contributed by atoms with Crippen LogP contribution in [0.5, 0.6) is 0 Å². The number of rotatable bonds is 5. The number of aromatic nitrogens is 2. The summed E-state index contributed by atoms with van der Waals surface area (Å²) < 4.78 is 1.94. The minimum Gasteiger partial charge on any atom is -0.393 e. The molecule has 7 heteroatoms. The third-order valence-corrected chi connectivity index (χ3v) is 15.0. The van der Waals surface area contributed by atoms with E-state index in [1.807, 2.05) is 59.2 Å². The molecule has 2 aromatic carbocycles. The molecule has 0 amide bonds. The van der Waals surface area contributed by atoms with E-state index in [1.54, 1.807) is 0 Å². The number of carbonyl (C=O) groups is 1. The Hall–Kier alpha value is -3.26. The van der Waals surface area contributed by atoms with Crippen LogP contribution in [0.2, 0.25) is 0 Å². The van der Waals surface area contributed by atoms with Gasteiger partial charge in [0.2, 0.25) is 0 Å². The SMILES string of the molecule is C[C@]12CC[C@H]3[C@]4(C=C[C@@]5(C=C4C(=O)c4ccccc4)CC(O)CC[C@]35C)[C@@H]1CC[C@@]2(O)CN1CCC(n2c(=O)[nH]c3ccccc32)CC1. The second-order valence-corrected chi connectivity index (χ2v) is 16.8. The first-order valence-corrected chi connectivity index (χ1v) is 18.4. The summed E-state index contributed by atoms with van der Waals surface area (Å²) in [5.41, 5.74) is 1.44. The fourth-order valence-corrected chi connectivity index (χ4v) is 12.5. The van der Waals surface area contributed by atoms with Crippen LogP contribution in [-0.2, 0) is 0 Å². The molecule has 2 bridgehead atoms. The van der Waals surface area contributed by atoms with Crippen molar-refractivity contribution in [3.8, 4) is 0 Å². The van der Waals surface area contributed by atoms with Crippen LogP contribution in [0.1, 0.15) is 88.0 Å². The molecule has 8 atom stereocenters. The third-order valence-electron chi connectivity index (χ3n) is 15.0. The second kappa shape index (κ2) is 10.4. The van der Waals surface area contributed by atoms with Crippen molar-refractivity contribution in [2.75, 3.05) is 19.6 Å². The molecule has 3 N–H and O–H groups in total. The van der Waals surface area contributed by atoms with Gasteiger partial charge in [-0.25, -0.2) is 4.79 Å². The number of nitrogens with one attached hydrogen (secondary N) is 1. The molecule has 10 rings (SSSR count). The maximum Gasteiger partial charge on any atom is 0.326 e. The topological polar surface area (TPSA) is 98.6 Å². The van der Waals surface area contributed by atoms with Crippen molar-refractivity contribution >= 4 is 16.8 Å². The zero-order valence-electron chi connectivity index (χ0n) is 28.3. The number of hydrogen-bond acceptors (Lipinski definition) is 5. The summed E-state index contributed by atoms with van der Waals surface area (Å²) in [7, 11) is 0.